The number of carbonyl (C=O) groups is 1. The molecule has 1 N–H and O–H groups in total. The molecule has 0 amide bonds. The quantitative estimate of drug-likeness (QED) is 0.610. The zero-order chi connectivity index (χ0) is 10.4. The number of aliphatic carboxylic acids is 1. The zero-order valence-electron chi connectivity index (χ0n) is 7.93. The van der Waals surface area contributed by atoms with Crippen LogP contribution in [0.5, 0.6) is 0 Å². The summed E-state index contributed by atoms with van der Waals surface area (Å²) in [6.45, 7) is 1.93. The number of rotatable bonds is 4. The molecule has 0 saturated carbocycles. The van der Waals surface area contributed by atoms with Gasteiger partial charge in [0.25, 0.3) is 0 Å². The van der Waals surface area contributed by atoms with Crippen molar-refractivity contribution in [2.45, 2.75) is 18.2 Å². The molecule has 0 unspecified atom stereocenters. The summed E-state index contributed by atoms with van der Waals surface area (Å²) in [6.07, 6.45) is 2.46. The second kappa shape index (κ2) is 5.50. The van der Waals surface area contributed by atoms with Crippen LogP contribution < -0.4 is 0 Å². The van der Waals surface area contributed by atoms with Gasteiger partial charge in [0, 0.05) is 4.90 Å². The highest BCUT2D eigenvalue weighted by Crippen LogP contribution is 2.26. The monoisotopic (exact) mass is 208 g/mol. The van der Waals surface area contributed by atoms with E-state index in [1.54, 1.807) is 6.08 Å². The normalized spacial score (nSPS) is 11.4. The van der Waals surface area contributed by atoms with E-state index in [-0.39, 0.29) is 0 Å². The zero-order valence-corrected chi connectivity index (χ0v) is 8.75. The van der Waals surface area contributed by atoms with E-state index in [9.17, 15) is 4.79 Å². The minimum atomic E-state index is -0.860. The van der Waals surface area contributed by atoms with Gasteiger partial charge in [-0.1, -0.05) is 43.0 Å². The fourth-order valence-corrected chi connectivity index (χ4v) is 1.86. The summed E-state index contributed by atoms with van der Waals surface area (Å²) in [5.74, 6) is -0.860. The molecule has 0 atom stereocenters. The molecule has 0 saturated heterocycles. The lowest BCUT2D eigenvalue weighted by molar-refractivity contribution is -0.131. The van der Waals surface area contributed by atoms with Crippen molar-refractivity contribution in [1.82, 2.24) is 0 Å². The van der Waals surface area contributed by atoms with Crippen molar-refractivity contribution < 1.29 is 9.90 Å². The number of benzene rings is 1. The maximum atomic E-state index is 10.8. The summed E-state index contributed by atoms with van der Waals surface area (Å²) in [4.78, 5) is 12.1. The average Bonchev–Trinajstić information content (AvgIpc) is 2.18. The largest absolute Gasteiger partial charge is 0.477 e. The molecular weight excluding hydrogens is 196 g/mol. The van der Waals surface area contributed by atoms with Crippen LogP contribution in [0.1, 0.15) is 13.3 Å². The highest BCUT2D eigenvalue weighted by molar-refractivity contribution is 8.04. The van der Waals surface area contributed by atoms with E-state index >= 15 is 0 Å². The molecule has 0 fully saturated rings. The molecule has 0 aromatic heterocycles. The van der Waals surface area contributed by atoms with E-state index in [1.165, 1.54) is 11.8 Å². The van der Waals surface area contributed by atoms with E-state index in [0.717, 1.165) is 11.3 Å². The Hall–Kier alpha value is -1.22. The lowest BCUT2D eigenvalue weighted by Gasteiger charge is -2.01. The van der Waals surface area contributed by atoms with Crippen LogP contribution in [-0.2, 0) is 4.79 Å². The third-order valence-corrected chi connectivity index (χ3v) is 2.64. The van der Waals surface area contributed by atoms with Crippen molar-refractivity contribution in [2.75, 3.05) is 0 Å². The second-order valence-corrected chi connectivity index (χ2v) is 3.81. The summed E-state index contributed by atoms with van der Waals surface area (Å²) in [5.41, 5.74) is 0. The van der Waals surface area contributed by atoms with E-state index in [1.807, 2.05) is 37.3 Å². The Labute approximate surface area is 87.6 Å². The molecular formula is C11H12O2S. The number of thioether (sulfide) groups is 1. The summed E-state index contributed by atoms with van der Waals surface area (Å²) < 4.78 is 0. The number of hydrogen-bond donors (Lipinski definition) is 1. The first-order valence-electron chi connectivity index (χ1n) is 4.40. The van der Waals surface area contributed by atoms with Gasteiger partial charge in [-0.05, 0) is 18.6 Å². The number of hydrogen-bond acceptors (Lipinski definition) is 2. The summed E-state index contributed by atoms with van der Waals surface area (Å²) in [5, 5.41) is 8.88. The van der Waals surface area contributed by atoms with Gasteiger partial charge in [0.05, 0.1) is 4.91 Å². The van der Waals surface area contributed by atoms with Gasteiger partial charge in [0.15, 0.2) is 0 Å². The third kappa shape index (κ3) is 3.26. The molecule has 2 nitrogen and oxygen atoms in total. The molecule has 0 spiro atoms. The van der Waals surface area contributed by atoms with Gasteiger partial charge >= 0.3 is 5.97 Å². The predicted molar refractivity (Wildman–Crippen MR) is 58.3 cm³/mol. The van der Waals surface area contributed by atoms with Gasteiger partial charge in [-0.2, -0.15) is 0 Å². The Morgan fingerprint density at radius 1 is 1.43 bits per heavy atom. The molecule has 1 aromatic carbocycles. The van der Waals surface area contributed by atoms with Crippen LogP contribution in [0.2, 0.25) is 0 Å². The van der Waals surface area contributed by atoms with Crippen molar-refractivity contribution in [1.29, 1.82) is 0 Å². The highest BCUT2D eigenvalue weighted by Gasteiger charge is 2.07. The second-order valence-electron chi connectivity index (χ2n) is 2.70. The topological polar surface area (TPSA) is 37.3 Å². The maximum absolute atomic E-state index is 10.8. The van der Waals surface area contributed by atoms with Gasteiger partial charge in [-0.15, -0.1) is 0 Å². The van der Waals surface area contributed by atoms with Crippen molar-refractivity contribution >= 4 is 17.7 Å². The van der Waals surface area contributed by atoms with E-state index in [0.29, 0.717) is 4.91 Å². The Balaban J connectivity index is 2.76. The molecule has 1 rings (SSSR count). The van der Waals surface area contributed by atoms with Gasteiger partial charge in [-0.25, -0.2) is 4.79 Å². The minimum Gasteiger partial charge on any atom is -0.477 e. The summed E-state index contributed by atoms with van der Waals surface area (Å²) >= 11 is 1.28. The molecule has 0 aliphatic rings. The number of carboxylic acid groups (broad SMARTS) is 1. The van der Waals surface area contributed by atoms with E-state index < -0.39 is 5.97 Å². The van der Waals surface area contributed by atoms with Crippen molar-refractivity contribution in [2.24, 2.45) is 0 Å². The van der Waals surface area contributed by atoms with Crippen molar-refractivity contribution in [3.63, 3.8) is 0 Å². The molecule has 0 aliphatic carbocycles. The first-order valence-corrected chi connectivity index (χ1v) is 5.22. The fourth-order valence-electron chi connectivity index (χ4n) is 0.974. The summed E-state index contributed by atoms with van der Waals surface area (Å²) in [6, 6.07) is 9.50. The van der Waals surface area contributed by atoms with E-state index in [4.69, 9.17) is 5.11 Å². The van der Waals surface area contributed by atoms with Crippen LogP contribution in [0, 0.1) is 0 Å². The van der Waals surface area contributed by atoms with E-state index in [2.05, 4.69) is 0 Å². The Bertz CT molecular complexity index is 330. The number of carboxylic acids is 1. The SMILES string of the molecule is CC/C=C(/Sc1ccccc1)C(=O)O. The highest BCUT2D eigenvalue weighted by atomic mass is 32.2. The van der Waals surface area contributed by atoms with Gasteiger partial charge in [0.1, 0.15) is 0 Å². The van der Waals surface area contributed by atoms with Gasteiger partial charge in [0.2, 0.25) is 0 Å². The Morgan fingerprint density at radius 3 is 2.57 bits per heavy atom. The van der Waals surface area contributed by atoms with Crippen LogP contribution >= 0.6 is 11.8 Å². The first kappa shape index (κ1) is 10.9. The number of allylic oxidation sites excluding steroid dienone is 1. The lowest BCUT2D eigenvalue weighted by Crippen LogP contribution is -1.96. The van der Waals surface area contributed by atoms with Gasteiger partial charge in [-0.3, -0.25) is 0 Å². The average molecular weight is 208 g/mol. The standard InChI is InChI=1S/C11H12O2S/c1-2-6-10(11(12)13)14-9-7-4-3-5-8-9/h3-8H,2H2,1H3,(H,12,13)/b10-6+. The maximum Gasteiger partial charge on any atom is 0.342 e. The fraction of sp³-hybridized carbons (Fsp3) is 0.182. The predicted octanol–water partition coefficient (Wildman–Crippen LogP) is 3.16. The van der Waals surface area contributed by atoms with Crippen LogP contribution in [0.25, 0.3) is 0 Å². The molecule has 74 valence electrons. The molecule has 0 heterocycles. The summed E-state index contributed by atoms with van der Waals surface area (Å²) in [7, 11) is 0. The third-order valence-electron chi connectivity index (χ3n) is 1.57. The molecule has 1 aromatic rings. The van der Waals surface area contributed by atoms with Crippen molar-refractivity contribution in [3.8, 4) is 0 Å². The van der Waals surface area contributed by atoms with Crippen LogP contribution in [-0.4, -0.2) is 11.1 Å². The minimum absolute atomic E-state index is 0.388. The van der Waals surface area contributed by atoms with Crippen LogP contribution in [0.15, 0.2) is 46.2 Å². The smallest absolute Gasteiger partial charge is 0.342 e. The first-order chi connectivity index (χ1) is 6.74. The van der Waals surface area contributed by atoms with Gasteiger partial charge < -0.3 is 5.11 Å². The molecule has 3 heteroatoms. The van der Waals surface area contributed by atoms with Crippen LogP contribution in [0.4, 0.5) is 0 Å². The molecule has 0 radical (unpaired) electrons. The lowest BCUT2D eigenvalue weighted by atomic mass is 10.4. The molecule has 0 bridgehead atoms. The molecule has 0 aliphatic heterocycles. The van der Waals surface area contributed by atoms with Crippen LogP contribution in [0.3, 0.4) is 0 Å². The Kier molecular flexibility index (Phi) is 4.26. The van der Waals surface area contributed by atoms with Crippen molar-refractivity contribution in [3.05, 3.63) is 41.3 Å². The Morgan fingerprint density at radius 2 is 2.07 bits per heavy atom. The molecule has 14 heavy (non-hydrogen) atoms.